The number of rotatable bonds is 6. The molecule has 3 aromatic heterocycles. The number of aryl methyl sites for hydroxylation is 2. The van der Waals surface area contributed by atoms with E-state index in [1.807, 2.05) is 24.7 Å². The molecule has 7 heteroatoms. The van der Waals surface area contributed by atoms with E-state index in [0.717, 1.165) is 34.1 Å². The average molecular weight is 322 g/mol. The van der Waals surface area contributed by atoms with Crippen molar-refractivity contribution in [3.63, 3.8) is 0 Å². The summed E-state index contributed by atoms with van der Waals surface area (Å²) in [6, 6.07) is 4.16. The SMILES string of the molecule is Cc1nn(C)c2nc(NCC(CO)Cc3cccs3)sc12. The average Bonchev–Trinajstić information content (AvgIpc) is 3.16. The maximum absolute atomic E-state index is 9.52. The van der Waals surface area contributed by atoms with Crippen molar-refractivity contribution in [3.8, 4) is 0 Å². The Labute approximate surface area is 131 Å². The third kappa shape index (κ3) is 3.09. The molecule has 0 bridgehead atoms. The van der Waals surface area contributed by atoms with E-state index in [9.17, 15) is 5.11 Å². The van der Waals surface area contributed by atoms with Gasteiger partial charge in [-0.15, -0.1) is 11.3 Å². The van der Waals surface area contributed by atoms with Gasteiger partial charge in [0, 0.05) is 31.0 Å². The number of aromatic nitrogens is 3. The van der Waals surface area contributed by atoms with Gasteiger partial charge in [0.25, 0.3) is 0 Å². The van der Waals surface area contributed by atoms with Crippen LogP contribution in [0.25, 0.3) is 10.3 Å². The Morgan fingerprint density at radius 2 is 2.33 bits per heavy atom. The van der Waals surface area contributed by atoms with Gasteiger partial charge in [-0.2, -0.15) is 5.10 Å². The van der Waals surface area contributed by atoms with Crippen molar-refractivity contribution >= 4 is 38.2 Å². The van der Waals surface area contributed by atoms with Gasteiger partial charge in [-0.3, -0.25) is 0 Å². The van der Waals surface area contributed by atoms with Crippen LogP contribution in [0.1, 0.15) is 10.6 Å². The molecule has 3 heterocycles. The molecule has 2 N–H and O–H groups in total. The van der Waals surface area contributed by atoms with Crippen LogP contribution >= 0.6 is 22.7 Å². The van der Waals surface area contributed by atoms with E-state index >= 15 is 0 Å². The van der Waals surface area contributed by atoms with Crippen LogP contribution < -0.4 is 5.32 Å². The van der Waals surface area contributed by atoms with Crippen molar-refractivity contribution in [3.05, 3.63) is 28.1 Å². The predicted molar refractivity (Wildman–Crippen MR) is 88.2 cm³/mol. The summed E-state index contributed by atoms with van der Waals surface area (Å²) in [7, 11) is 1.91. The summed E-state index contributed by atoms with van der Waals surface area (Å²) in [5, 5.41) is 20.2. The van der Waals surface area contributed by atoms with Crippen LogP contribution in [0.5, 0.6) is 0 Å². The van der Waals surface area contributed by atoms with Crippen LogP contribution in [0, 0.1) is 12.8 Å². The maximum atomic E-state index is 9.52. The van der Waals surface area contributed by atoms with Gasteiger partial charge in [-0.1, -0.05) is 17.4 Å². The van der Waals surface area contributed by atoms with E-state index in [1.54, 1.807) is 22.7 Å². The predicted octanol–water partition coefficient (Wildman–Crippen LogP) is 2.66. The molecule has 0 saturated heterocycles. The van der Waals surface area contributed by atoms with Crippen LogP contribution in [0.3, 0.4) is 0 Å². The van der Waals surface area contributed by atoms with Gasteiger partial charge in [0.05, 0.1) is 10.4 Å². The number of hydrogen-bond acceptors (Lipinski definition) is 6. The number of anilines is 1. The Morgan fingerprint density at radius 1 is 1.48 bits per heavy atom. The molecular formula is C14H18N4OS2. The minimum atomic E-state index is 0.177. The molecular weight excluding hydrogens is 304 g/mol. The van der Waals surface area contributed by atoms with Crippen LogP contribution in [-0.2, 0) is 13.5 Å². The first-order valence-electron chi connectivity index (χ1n) is 6.84. The minimum absolute atomic E-state index is 0.177. The summed E-state index contributed by atoms with van der Waals surface area (Å²) in [5.41, 5.74) is 1.93. The van der Waals surface area contributed by atoms with Crippen LogP contribution in [0.4, 0.5) is 5.13 Å². The highest BCUT2D eigenvalue weighted by atomic mass is 32.1. The third-order valence-corrected chi connectivity index (χ3v) is 5.42. The monoisotopic (exact) mass is 322 g/mol. The molecule has 0 aliphatic heterocycles. The quantitative estimate of drug-likeness (QED) is 0.732. The number of thiophene rings is 1. The van der Waals surface area contributed by atoms with Crippen molar-refractivity contribution in [2.24, 2.45) is 13.0 Å². The Balaban J connectivity index is 1.65. The molecule has 5 nitrogen and oxygen atoms in total. The molecule has 1 unspecified atom stereocenters. The molecule has 0 amide bonds. The highest BCUT2D eigenvalue weighted by Gasteiger charge is 2.14. The molecule has 0 aliphatic carbocycles. The highest BCUT2D eigenvalue weighted by Crippen LogP contribution is 2.28. The zero-order chi connectivity index (χ0) is 14.8. The first kappa shape index (κ1) is 14.5. The normalized spacial score (nSPS) is 12.9. The molecule has 0 radical (unpaired) electrons. The van der Waals surface area contributed by atoms with E-state index in [-0.39, 0.29) is 12.5 Å². The summed E-state index contributed by atoms with van der Waals surface area (Å²) in [4.78, 5) is 5.87. The van der Waals surface area contributed by atoms with Gasteiger partial charge in [0.1, 0.15) is 0 Å². The van der Waals surface area contributed by atoms with Crippen LogP contribution in [0.2, 0.25) is 0 Å². The molecule has 112 valence electrons. The number of nitrogens with one attached hydrogen (secondary N) is 1. The van der Waals surface area contributed by atoms with E-state index < -0.39 is 0 Å². The molecule has 1 atom stereocenters. The van der Waals surface area contributed by atoms with Gasteiger partial charge in [0.2, 0.25) is 0 Å². The first-order chi connectivity index (χ1) is 10.2. The molecule has 0 saturated carbocycles. The number of aliphatic hydroxyl groups is 1. The molecule has 0 aliphatic rings. The fourth-order valence-corrected chi connectivity index (χ4v) is 4.07. The summed E-state index contributed by atoms with van der Waals surface area (Å²) in [5.74, 6) is 0.204. The molecule has 3 aromatic rings. The largest absolute Gasteiger partial charge is 0.396 e. The highest BCUT2D eigenvalue weighted by molar-refractivity contribution is 7.22. The van der Waals surface area contributed by atoms with Crippen molar-refractivity contribution in [1.82, 2.24) is 14.8 Å². The topological polar surface area (TPSA) is 63.0 Å². The Kier molecular flexibility index (Phi) is 4.23. The lowest BCUT2D eigenvalue weighted by Crippen LogP contribution is -2.19. The second-order valence-corrected chi connectivity index (χ2v) is 7.13. The maximum Gasteiger partial charge on any atom is 0.185 e. The van der Waals surface area contributed by atoms with Gasteiger partial charge in [0.15, 0.2) is 10.8 Å². The molecule has 3 rings (SSSR count). The van der Waals surface area contributed by atoms with Crippen molar-refractivity contribution < 1.29 is 5.11 Å². The molecule has 0 fully saturated rings. The molecule has 21 heavy (non-hydrogen) atoms. The second-order valence-electron chi connectivity index (χ2n) is 5.09. The zero-order valence-corrected chi connectivity index (χ0v) is 13.7. The Bertz CT molecular complexity index is 682. The number of nitrogens with zero attached hydrogens (tertiary/aromatic N) is 3. The number of aliphatic hydroxyl groups excluding tert-OH is 1. The standard InChI is InChI=1S/C14H18N4OS2/c1-9-12-13(18(2)17-9)16-14(21-12)15-7-10(8-19)6-11-4-3-5-20-11/h3-5,10,19H,6-8H2,1-2H3,(H,15,16). The van der Waals surface area contributed by atoms with Crippen LogP contribution in [0.15, 0.2) is 17.5 Å². The molecule has 0 aromatic carbocycles. The van der Waals surface area contributed by atoms with Gasteiger partial charge in [-0.05, 0) is 24.8 Å². The second kappa shape index (κ2) is 6.13. The lowest BCUT2D eigenvalue weighted by atomic mass is 10.1. The van der Waals surface area contributed by atoms with Crippen molar-refractivity contribution in [1.29, 1.82) is 0 Å². The van der Waals surface area contributed by atoms with Gasteiger partial charge < -0.3 is 10.4 Å². The Hall–Kier alpha value is -1.44. The smallest absolute Gasteiger partial charge is 0.185 e. The zero-order valence-electron chi connectivity index (χ0n) is 12.0. The van der Waals surface area contributed by atoms with E-state index in [1.165, 1.54) is 4.88 Å². The summed E-state index contributed by atoms with van der Waals surface area (Å²) < 4.78 is 2.93. The summed E-state index contributed by atoms with van der Waals surface area (Å²) in [6.45, 7) is 2.90. The Morgan fingerprint density at radius 3 is 3.00 bits per heavy atom. The lowest BCUT2D eigenvalue weighted by Gasteiger charge is -2.13. The molecule has 0 spiro atoms. The minimum Gasteiger partial charge on any atom is -0.396 e. The summed E-state index contributed by atoms with van der Waals surface area (Å²) in [6.07, 6.45) is 0.895. The van der Waals surface area contributed by atoms with Gasteiger partial charge in [-0.25, -0.2) is 9.67 Å². The number of hydrogen-bond donors (Lipinski definition) is 2. The first-order valence-corrected chi connectivity index (χ1v) is 8.54. The fourth-order valence-electron chi connectivity index (χ4n) is 2.31. The fraction of sp³-hybridized carbons (Fsp3) is 0.429. The number of thiazole rings is 1. The number of fused-ring (bicyclic) bond motifs is 1. The third-order valence-electron chi connectivity index (χ3n) is 3.41. The van der Waals surface area contributed by atoms with Crippen molar-refractivity contribution in [2.75, 3.05) is 18.5 Å². The van der Waals surface area contributed by atoms with Crippen LogP contribution in [-0.4, -0.2) is 33.0 Å². The van der Waals surface area contributed by atoms with Gasteiger partial charge >= 0.3 is 0 Å². The van der Waals surface area contributed by atoms with E-state index in [4.69, 9.17) is 0 Å². The van der Waals surface area contributed by atoms with E-state index in [2.05, 4.69) is 26.8 Å². The summed E-state index contributed by atoms with van der Waals surface area (Å²) >= 11 is 3.35. The van der Waals surface area contributed by atoms with Crippen molar-refractivity contribution in [2.45, 2.75) is 13.3 Å². The lowest BCUT2D eigenvalue weighted by molar-refractivity contribution is 0.233. The van der Waals surface area contributed by atoms with E-state index in [0.29, 0.717) is 0 Å².